The van der Waals surface area contributed by atoms with E-state index < -0.39 is 0 Å². The van der Waals surface area contributed by atoms with E-state index in [0.29, 0.717) is 48.0 Å². The molecule has 0 heterocycles. The molecule has 5 nitrogen and oxygen atoms in total. The minimum absolute atomic E-state index is 0.00369. The van der Waals surface area contributed by atoms with Gasteiger partial charge in [0.25, 0.3) is 0 Å². The van der Waals surface area contributed by atoms with Crippen molar-refractivity contribution in [3.8, 4) is 6.07 Å². The monoisotopic (exact) mass is 512 g/mol. The molecule has 208 valence electrons. The normalized spacial score (nSPS) is 40.3. The summed E-state index contributed by atoms with van der Waals surface area (Å²) in [4.78, 5) is 24.7. The Balaban J connectivity index is 1.36. The van der Waals surface area contributed by atoms with Gasteiger partial charge in [-0.1, -0.05) is 34.6 Å². The van der Waals surface area contributed by atoms with Gasteiger partial charge in [0.2, 0.25) is 5.91 Å². The second-order valence-corrected chi connectivity index (χ2v) is 13.8. The van der Waals surface area contributed by atoms with Crippen molar-refractivity contribution in [1.82, 2.24) is 5.32 Å². The molecule has 4 aliphatic rings. The van der Waals surface area contributed by atoms with Crippen molar-refractivity contribution in [3.63, 3.8) is 0 Å². The molecule has 4 saturated carbocycles. The maximum absolute atomic E-state index is 12.4. The fourth-order valence-electron chi connectivity index (χ4n) is 9.65. The number of fused-ring (bicyclic) bond motifs is 5. The summed E-state index contributed by atoms with van der Waals surface area (Å²) in [5.41, 5.74) is 0.804. The van der Waals surface area contributed by atoms with Crippen LogP contribution in [0.1, 0.15) is 118 Å². The summed E-state index contributed by atoms with van der Waals surface area (Å²) < 4.78 is 5.99. The van der Waals surface area contributed by atoms with Gasteiger partial charge in [-0.3, -0.25) is 9.59 Å². The van der Waals surface area contributed by atoms with Crippen molar-refractivity contribution in [2.45, 2.75) is 124 Å². The molecule has 8 unspecified atom stereocenters. The zero-order chi connectivity index (χ0) is 26.8. The summed E-state index contributed by atoms with van der Waals surface area (Å²) in [6.07, 6.45) is 14.2. The maximum Gasteiger partial charge on any atom is 0.308 e. The third kappa shape index (κ3) is 5.60. The van der Waals surface area contributed by atoms with E-state index in [4.69, 9.17) is 10.00 Å². The number of amides is 1. The molecule has 0 spiro atoms. The Kier molecular flexibility index (Phi) is 8.97. The van der Waals surface area contributed by atoms with Crippen LogP contribution < -0.4 is 5.32 Å². The van der Waals surface area contributed by atoms with Gasteiger partial charge in [-0.25, -0.2) is 0 Å². The van der Waals surface area contributed by atoms with Gasteiger partial charge < -0.3 is 10.1 Å². The Morgan fingerprint density at radius 3 is 2.49 bits per heavy atom. The zero-order valence-corrected chi connectivity index (χ0v) is 24.2. The smallest absolute Gasteiger partial charge is 0.308 e. The van der Waals surface area contributed by atoms with E-state index in [1.165, 1.54) is 44.9 Å². The first-order valence-corrected chi connectivity index (χ1v) is 15.5. The number of hydrogen-bond donors (Lipinski definition) is 1. The van der Waals surface area contributed by atoms with Gasteiger partial charge in [-0.2, -0.15) is 5.26 Å². The summed E-state index contributed by atoms with van der Waals surface area (Å²) in [6, 6.07) is 2.09. The number of nitriles is 1. The van der Waals surface area contributed by atoms with E-state index in [2.05, 4.69) is 39.1 Å². The zero-order valence-electron chi connectivity index (χ0n) is 24.2. The number of rotatable bonds is 9. The van der Waals surface area contributed by atoms with E-state index in [0.717, 1.165) is 43.4 Å². The highest BCUT2D eigenvalue weighted by Crippen LogP contribution is 2.68. The van der Waals surface area contributed by atoms with Crippen molar-refractivity contribution >= 4 is 11.9 Å². The molecule has 0 radical (unpaired) electrons. The van der Waals surface area contributed by atoms with Gasteiger partial charge in [0.1, 0.15) is 6.10 Å². The van der Waals surface area contributed by atoms with Crippen molar-refractivity contribution in [3.05, 3.63) is 0 Å². The molecule has 4 rings (SSSR count). The highest BCUT2D eigenvalue weighted by Gasteiger charge is 2.60. The van der Waals surface area contributed by atoms with Crippen LogP contribution in [-0.4, -0.2) is 24.5 Å². The van der Waals surface area contributed by atoms with E-state index in [-0.39, 0.29) is 23.9 Å². The second kappa shape index (κ2) is 11.7. The Morgan fingerprint density at radius 1 is 1.03 bits per heavy atom. The van der Waals surface area contributed by atoms with Crippen LogP contribution in [0.15, 0.2) is 0 Å². The number of carbonyl (C=O) groups excluding carboxylic acids is 2. The summed E-state index contributed by atoms with van der Waals surface area (Å²) >= 11 is 0. The number of carbonyl (C=O) groups is 2. The average molecular weight is 513 g/mol. The van der Waals surface area contributed by atoms with Crippen LogP contribution in [0.5, 0.6) is 0 Å². The molecule has 1 N–H and O–H groups in total. The molecule has 0 aromatic carbocycles. The predicted octanol–water partition coefficient (Wildman–Crippen LogP) is 7.05. The van der Waals surface area contributed by atoms with Crippen molar-refractivity contribution in [2.24, 2.45) is 52.3 Å². The quantitative estimate of drug-likeness (QED) is 0.265. The molecule has 0 aromatic heterocycles. The number of ether oxygens (including phenoxy) is 1. The summed E-state index contributed by atoms with van der Waals surface area (Å²) in [5.74, 6) is 4.56. The SMILES string of the molecule is CCC(C)C(=O)OC1CC[C@@]2(C)C(CCC3C4CCC(C(C)CCC(=O)NCCC#N)[C@@]4(C)CCC32)C1. The lowest BCUT2D eigenvalue weighted by molar-refractivity contribution is -0.166. The number of nitrogens with zero attached hydrogens (tertiary/aromatic N) is 1. The lowest BCUT2D eigenvalue weighted by Gasteiger charge is -2.61. The molecule has 5 heteroatoms. The molecule has 10 atom stereocenters. The molecule has 0 bridgehead atoms. The van der Waals surface area contributed by atoms with E-state index >= 15 is 0 Å². The first kappa shape index (κ1) is 28.4. The first-order valence-electron chi connectivity index (χ1n) is 15.5. The lowest BCUT2D eigenvalue weighted by Crippen LogP contribution is -2.54. The molecule has 0 saturated heterocycles. The molecular weight excluding hydrogens is 460 g/mol. The highest BCUT2D eigenvalue weighted by atomic mass is 16.5. The fourth-order valence-corrected chi connectivity index (χ4v) is 9.65. The van der Waals surface area contributed by atoms with Crippen LogP contribution in [0.2, 0.25) is 0 Å². The Bertz CT molecular complexity index is 867. The molecule has 1 amide bonds. The summed E-state index contributed by atoms with van der Waals surface area (Å²) in [7, 11) is 0. The maximum atomic E-state index is 12.4. The third-order valence-electron chi connectivity index (χ3n) is 12.1. The van der Waals surface area contributed by atoms with Crippen molar-refractivity contribution < 1.29 is 14.3 Å². The minimum atomic E-state index is 0.00369. The van der Waals surface area contributed by atoms with Crippen LogP contribution in [0.3, 0.4) is 0 Å². The number of nitrogens with one attached hydrogen (secondary N) is 1. The van der Waals surface area contributed by atoms with E-state index in [9.17, 15) is 9.59 Å². The fraction of sp³-hybridized carbons (Fsp3) is 0.906. The largest absolute Gasteiger partial charge is 0.462 e. The average Bonchev–Trinajstić information content (AvgIpc) is 3.24. The van der Waals surface area contributed by atoms with Gasteiger partial charge in [-0.15, -0.1) is 0 Å². The number of esters is 1. The topological polar surface area (TPSA) is 79.2 Å². The molecule has 37 heavy (non-hydrogen) atoms. The number of hydrogen-bond acceptors (Lipinski definition) is 4. The van der Waals surface area contributed by atoms with Crippen LogP contribution in [-0.2, 0) is 14.3 Å². The Morgan fingerprint density at radius 2 is 1.76 bits per heavy atom. The van der Waals surface area contributed by atoms with Crippen molar-refractivity contribution in [2.75, 3.05) is 6.54 Å². The molecule has 4 fully saturated rings. The third-order valence-corrected chi connectivity index (χ3v) is 12.1. The first-order chi connectivity index (χ1) is 17.6. The molecule has 0 aliphatic heterocycles. The van der Waals surface area contributed by atoms with Gasteiger partial charge in [-0.05, 0) is 117 Å². The predicted molar refractivity (Wildman–Crippen MR) is 146 cm³/mol. The second-order valence-electron chi connectivity index (χ2n) is 13.8. The van der Waals surface area contributed by atoms with E-state index in [1.54, 1.807) is 0 Å². The van der Waals surface area contributed by atoms with Crippen LogP contribution in [0.25, 0.3) is 0 Å². The van der Waals surface area contributed by atoms with Crippen LogP contribution in [0, 0.1) is 63.6 Å². The molecular formula is C32H52N2O3. The molecule has 4 aliphatic carbocycles. The van der Waals surface area contributed by atoms with Gasteiger partial charge in [0.15, 0.2) is 0 Å². The summed E-state index contributed by atoms with van der Waals surface area (Å²) in [6.45, 7) is 12.1. The Hall–Kier alpha value is -1.57. The minimum Gasteiger partial charge on any atom is -0.462 e. The van der Waals surface area contributed by atoms with E-state index in [1.807, 2.05) is 6.92 Å². The van der Waals surface area contributed by atoms with Crippen LogP contribution in [0.4, 0.5) is 0 Å². The summed E-state index contributed by atoms with van der Waals surface area (Å²) in [5, 5.41) is 11.6. The Labute approximate surface area is 225 Å². The molecule has 0 aromatic rings. The highest BCUT2D eigenvalue weighted by molar-refractivity contribution is 5.75. The lowest BCUT2D eigenvalue weighted by atomic mass is 9.44. The van der Waals surface area contributed by atoms with Crippen molar-refractivity contribution in [1.29, 1.82) is 5.26 Å². The van der Waals surface area contributed by atoms with Gasteiger partial charge >= 0.3 is 5.97 Å². The standard InChI is InChI=1S/C32H52N2O3/c1-6-21(2)30(36)37-24-14-16-31(4)23(20-24)9-10-25-27-12-11-26(32(27,5)17-15-28(25)31)22(3)8-13-29(35)34-19-7-18-33/h21-28H,6-17,19-20H2,1-5H3,(H,34,35)/t21?,22?,23?,24?,25?,26?,27?,28?,31-,32+/m0/s1. The van der Waals surface area contributed by atoms with Gasteiger partial charge in [0, 0.05) is 13.0 Å². The van der Waals surface area contributed by atoms with Crippen LogP contribution >= 0.6 is 0 Å². The van der Waals surface area contributed by atoms with Gasteiger partial charge in [0.05, 0.1) is 18.4 Å².